The van der Waals surface area contributed by atoms with E-state index in [0.29, 0.717) is 19.4 Å². The summed E-state index contributed by atoms with van der Waals surface area (Å²) >= 11 is 1.68. The predicted molar refractivity (Wildman–Crippen MR) is 66.5 cm³/mol. The second-order valence-electron chi connectivity index (χ2n) is 4.54. The normalized spacial score (nSPS) is 11.4. The molecule has 4 heteroatoms. The number of rotatable bonds is 6. The van der Waals surface area contributed by atoms with Gasteiger partial charge in [-0.15, -0.1) is 11.3 Å². The molecule has 1 aromatic rings. The van der Waals surface area contributed by atoms with Gasteiger partial charge in [0.15, 0.2) is 0 Å². The molecule has 16 heavy (non-hydrogen) atoms. The largest absolute Gasteiger partial charge is 0.465 e. The molecule has 0 aliphatic carbocycles. The molecule has 90 valence electrons. The summed E-state index contributed by atoms with van der Waals surface area (Å²) in [6.07, 6.45) is 1.86. The molecule has 0 fully saturated rings. The Kier molecular flexibility index (Phi) is 4.96. The van der Waals surface area contributed by atoms with E-state index in [2.05, 4.69) is 0 Å². The molecule has 3 nitrogen and oxygen atoms in total. The van der Waals surface area contributed by atoms with Crippen LogP contribution in [0.3, 0.4) is 0 Å². The third-order valence-electron chi connectivity index (χ3n) is 2.17. The molecule has 0 aliphatic heterocycles. The molecule has 0 aliphatic rings. The first kappa shape index (κ1) is 13.2. The van der Waals surface area contributed by atoms with Gasteiger partial charge in [-0.1, -0.05) is 6.07 Å². The van der Waals surface area contributed by atoms with Crippen molar-refractivity contribution in [2.45, 2.75) is 38.6 Å². The Morgan fingerprint density at radius 3 is 2.88 bits per heavy atom. The maximum atomic E-state index is 11.3. The molecule has 2 N–H and O–H groups in total. The zero-order valence-electron chi connectivity index (χ0n) is 9.86. The first-order chi connectivity index (χ1) is 7.47. The Morgan fingerprint density at radius 1 is 1.56 bits per heavy atom. The zero-order chi connectivity index (χ0) is 12.0. The summed E-state index contributed by atoms with van der Waals surface area (Å²) < 4.78 is 5.12. The Hall–Kier alpha value is -0.870. The molecule has 0 unspecified atom stereocenters. The summed E-state index contributed by atoms with van der Waals surface area (Å²) in [7, 11) is 0. The molecule has 1 aromatic heterocycles. The van der Waals surface area contributed by atoms with E-state index in [-0.39, 0.29) is 11.5 Å². The molecule has 0 radical (unpaired) electrons. The number of carbonyl (C=O) groups excluding carboxylic acids is 1. The molecule has 1 heterocycles. The van der Waals surface area contributed by atoms with Gasteiger partial charge in [0, 0.05) is 23.3 Å². The van der Waals surface area contributed by atoms with Gasteiger partial charge in [-0.25, -0.2) is 0 Å². The Morgan fingerprint density at radius 2 is 2.31 bits per heavy atom. The van der Waals surface area contributed by atoms with Gasteiger partial charge >= 0.3 is 5.97 Å². The Bertz CT molecular complexity index is 314. The van der Waals surface area contributed by atoms with E-state index in [9.17, 15) is 4.79 Å². The van der Waals surface area contributed by atoms with Gasteiger partial charge in [-0.3, -0.25) is 4.79 Å². The SMILES string of the molecule is CC(C)(N)CCC(=O)OCCc1cccs1. The van der Waals surface area contributed by atoms with Crippen molar-refractivity contribution in [3.8, 4) is 0 Å². The first-order valence-corrected chi connectivity index (χ1v) is 6.32. The van der Waals surface area contributed by atoms with E-state index in [1.807, 2.05) is 31.4 Å². The van der Waals surface area contributed by atoms with Gasteiger partial charge < -0.3 is 10.5 Å². The van der Waals surface area contributed by atoms with Gasteiger partial charge in [0.1, 0.15) is 0 Å². The second-order valence-corrected chi connectivity index (χ2v) is 5.57. The summed E-state index contributed by atoms with van der Waals surface area (Å²) in [5.74, 6) is -0.157. The maximum absolute atomic E-state index is 11.3. The Labute approximate surface area is 101 Å². The van der Waals surface area contributed by atoms with Crippen molar-refractivity contribution in [1.29, 1.82) is 0 Å². The standard InChI is InChI=1S/C12H19NO2S/c1-12(2,13)7-5-11(14)15-8-6-10-4-3-9-16-10/h3-4,9H,5-8,13H2,1-2H3. The van der Waals surface area contributed by atoms with Crippen LogP contribution in [0, 0.1) is 0 Å². The van der Waals surface area contributed by atoms with Gasteiger partial charge in [0.05, 0.1) is 6.61 Å². The summed E-state index contributed by atoms with van der Waals surface area (Å²) in [5, 5.41) is 2.02. The van der Waals surface area contributed by atoms with Crippen LogP contribution in [0.1, 0.15) is 31.6 Å². The third kappa shape index (κ3) is 5.88. The number of ether oxygens (including phenoxy) is 1. The maximum Gasteiger partial charge on any atom is 0.305 e. The first-order valence-electron chi connectivity index (χ1n) is 5.44. The van der Waals surface area contributed by atoms with Crippen LogP contribution in [-0.2, 0) is 16.0 Å². The van der Waals surface area contributed by atoms with E-state index in [4.69, 9.17) is 10.5 Å². The Balaban J connectivity index is 2.11. The highest BCUT2D eigenvalue weighted by Crippen LogP contribution is 2.10. The lowest BCUT2D eigenvalue weighted by Gasteiger charge is -2.17. The number of hydrogen-bond donors (Lipinski definition) is 1. The number of esters is 1. The minimum Gasteiger partial charge on any atom is -0.465 e. The van der Waals surface area contributed by atoms with Crippen LogP contribution in [0.15, 0.2) is 17.5 Å². The van der Waals surface area contributed by atoms with Gasteiger partial charge in [-0.05, 0) is 31.7 Å². The van der Waals surface area contributed by atoms with Crippen LogP contribution >= 0.6 is 11.3 Å². The predicted octanol–water partition coefficient (Wildman–Crippen LogP) is 2.35. The number of carbonyl (C=O) groups is 1. The average Bonchev–Trinajstić information content (AvgIpc) is 2.66. The molecular formula is C12H19NO2S. The van der Waals surface area contributed by atoms with Crippen LogP contribution < -0.4 is 5.73 Å². The molecule has 0 saturated carbocycles. The molecule has 0 saturated heterocycles. The molecular weight excluding hydrogens is 222 g/mol. The second kappa shape index (κ2) is 6.01. The zero-order valence-corrected chi connectivity index (χ0v) is 10.7. The smallest absolute Gasteiger partial charge is 0.305 e. The monoisotopic (exact) mass is 241 g/mol. The average molecular weight is 241 g/mol. The minimum atomic E-state index is -0.299. The van der Waals surface area contributed by atoms with Crippen molar-refractivity contribution >= 4 is 17.3 Å². The van der Waals surface area contributed by atoms with E-state index in [1.165, 1.54) is 4.88 Å². The van der Waals surface area contributed by atoms with Crippen molar-refractivity contribution in [3.05, 3.63) is 22.4 Å². The van der Waals surface area contributed by atoms with Gasteiger partial charge in [0.25, 0.3) is 0 Å². The molecule has 0 aromatic carbocycles. The third-order valence-corrected chi connectivity index (χ3v) is 3.10. The lowest BCUT2D eigenvalue weighted by molar-refractivity contribution is -0.143. The van der Waals surface area contributed by atoms with E-state index >= 15 is 0 Å². The van der Waals surface area contributed by atoms with E-state index in [0.717, 1.165) is 6.42 Å². The molecule has 0 amide bonds. The highest BCUT2D eigenvalue weighted by molar-refractivity contribution is 7.09. The van der Waals surface area contributed by atoms with Crippen LogP contribution in [0.25, 0.3) is 0 Å². The van der Waals surface area contributed by atoms with Crippen LogP contribution in [-0.4, -0.2) is 18.1 Å². The topological polar surface area (TPSA) is 52.3 Å². The van der Waals surface area contributed by atoms with Crippen LogP contribution in [0.4, 0.5) is 0 Å². The highest BCUT2D eigenvalue weighted by atomic mass is 32.1. The van der Waals surface area contributed by atoms with Crippen molar-refractivity contribution in [2.75, 3.05) is 6.61 Å². The number of thiophene rings is 1. The number of nitrogens with two attached hydrogens (primary N) is 1. The molecule has 1 rings (SSSR count). The fraction of sp³-hybridized carbons (Fsp3) is 0.583. The lowest BCUT2D eigenvalue weighted by atomic mass is 10.0. The van der Waals surface area contributed by atoms with Crippen LogP contribution in [0.5, 0.6) is 0 Å². The van der Waals surface area contributed by atoms with E-state index in [1.54, 1.807) is 11.3 Å². The van der Waals surface area contributed by atoms with Gasteiger partial charge in [-0.2, -0.15) is 0 Å². The minimum absolute atomic E-state index is 0.157. The van der Waals surface area contributed by atoms with Crippen molar-refractivity contribution in [2.24, 2.45) is 5.73 Å². The van der Waals surface area contributed by atoms with Crippen molar-refractivity contribution < 1.29 is 9.53 Å². The van der Waals surface area contributed by atoms with Crippen molar-refractivity contribution in [1.82, 2.24) is 0 Å². The van der Waals surface area contributed by atoms with Crippen molar-refractivity contribution in [3.63, 3.8) is 0 Å². The number of hydrogen-bond acceptors (Lipinski definition) is 4. The molecule has 0 bridgehead atoms. The highest BCUT2D eigenvalue weighted by Gasteiger charge is 2.13. The van der Waals surface area contributed by atoms with E-state index < -0.39 is 0 Å². The lowest BCUT2D eigenvalue weighted by Crippen LogP contribution is -2.32. The summed E-state index contributed by atoms with van der Waals surface area (Å²) in [5.41, 5.74) is 5.48. The van der Waals surface area contributed by atoms with Gasteiger partial charge in [0.2, 0.25) is 0 Å². The molecule has 0 atom stereocenters. The van der Waals surface area contributed by atoms with Crippen LogP contribution in [0.2, 0.25) is 0 Å². The summed E-state index contributed by atoms with van der Waals surface area (Å²) in [4.78, 5) is 12.6. The molecule has 0 spiro atoms. The summed E-state index contributed by atoms with van der Waals surface area (Å²) in [6, 6.07) is 4.04. The fourth-order valence-corrected chi connectivity index (χ4v) is 1.91. The quantitative estimate of drug-likeness (QED) is 0.778. The summed E-state index contributed by atoms with van der Waals surface area (Å²) in [6.45, 7) is 4.28. The fourth-order valence-electron chi connectivity index (χ4n) is 1.22.